The number of ether oxygens (including phenoxy) is 10. The number of rotatable bonds is 24. The van der Waals surface area contributed by atoms with Gasteiger partial charge in [0.2, 0.25) is 0 Å². The number of methoxy groups -OCH3 is 8. The summed E-state index contributed by atoms with van der Waals surface area (Å²) in [5.41, 5.74) is 7.00. The standard InChI is InChI=1S/C53H72N2O12.4CH4/c1-54(22-18-38-32-48(62-7)50(64-9)34-40(38)42(54)28-36-14-16-44(58-3)46(30-36)60-5)24-20-52(56)66-26-12-11-13-27-67-53(57)21-25-55(2)23-19-39-33-49(63-8)51(65-10)35-41(39)43(55)29-37-15-17-45(59-4)47(31-37)61-6;;;;/h14-17,30-35,42-43H,11-13,18-29H2,1-10H3;4*1H4/q+2;;;;/t42-,43-,54-,55-;;;;/m1..../s1. The third kappa shape index (κ3) is 14.6. The first-order valence-electron chi connectivity index (χ1n) is 23.3. The molecule has 2 aliphatic heterocycles. The summed E-state index contributed by atoms with van der Waals surface area (Å²) in [6.07, 6.45) is 5.85. The summed E-state index contributed by atoms with van der Waals surface area (Å²) in [5, 5.41) is 0. The molecule has 0 saturated carbocycles. The van der Waals surface area contributed by atoms with Gasteiger partial charge in [-0.25, -0.2) is 0 Å². The quantitative estimate of drug-likeness (QED) is 0.0377. The van der Waals surface area contributed by atoms with E-state index in [0.29, 0.717) is 107 Å². The Morgan fingerprint density at radius 1 is 0.451 bits per heavy atom. The van der Waals surface area contributed by atoms with Gasteiger partial charge in [-0.1, -0.05) is 41.8 Å². The highest BCUT2D eigenvalue weighted by atomic mass is 16.5. The predicted octanol–water partition coefficient (Wildman–Crippen LogP) is 10.6. The van der Waals surface area contributed by atoms with E-state index >= 15 is 0 Å². The smallest absolute Gasteiger partial charge is 0.311 e. The van der Waals surface area contributed by atoms with Crippen LogP contribution in [0.5, 0.6) is 46.0 Å². The number of benzene rings is 4. The number of fused-ring (bicyclic) bond motifs is 2. The van der Waals surface area contributed by atoms with Crippen molar-refractivity contribution in [2.45, 2.75) is 99.6 Å². The van der Waals surface area contributed by atoms with Crippen molar-refractivity contribution >= 4 is 11.9 Å². The second kappa shape index (κ2) is 28.2. The molecule has 14 heteroatoms. The summed E-state index contributed by atoms with van der Waals surface area (Å²) >= 11 is 0. The predicted molar refractivity (Wildman–Crippen MR) is 282 cm³/mol. The van der Waals surface area contributed by atoms with E-state index in [-0.39, 0.29) is 53.7 Å². The highest BCUT2D eigenvalue weighted by Gasteiger charge is 2.42. The lowest BCUT2D eigenvalue weighted by Crippen LogP contribution is -2.53. The van der Waals surface area contributed by atoms with Crippen LogP contribution in [0.3, 0.4) is 0 Å². The topological polar surface area (TPSA) is 126 Å². The Hall–Kier alpha value is -5.86. The molecule has 4 aromatic carbocycles. The molecule has 6 rings (SSSR count). The second-order valence-electron chi connectivity index (χ2n) is 18.0. The molecule has 2 aliphatic rings. The van der Waals surface area contributed by atoms with Crippen LogP contribution in [-0.4, -0.2) is 131 Å². The van der Waals surface area contributed by atoms with E-state index in [4.69, 9.17) is 47.4 Å². The third-order valence-electron chi connectivity index (χ3n) is 14.0. The van der Waals surface area contributed by atoms with Gasteiger partial charge in [0.05, 0.1) is 123 Å². The van der Waals surface area contributed by atoms with Crippen LogP contribution < -0.4 is 37.9 Å². The number of quaternary nitrogens is 2. The molecule has 71 heavy (non-hydrogen) atoms. The molecule has 2 heterocycles. The molecule has 14 nitrogen and oxygen atoms in total. The minimum Gasteiger partial charge on any atom is -0.493 e. The Morgan fingerprint density at radius 3 is 1.11 bits per heavy atom. The van der Waals surface area contributed by atoms with E-state index in [9.17, 15) is 9.59 Å². The summed E-state index contributed by atoms with van der Waals surface area (Å²) in [7, 11) is 17.6. The van der Waals surface area contributed by atoms with Crippen LogP contribution in [0, 0.1) is 0 Å². The van der Waals surface area contributed by atoms with Crippen molar-refractivity contribution in [1.82, 2.24) is 0 Å². The molecule has 0 aromatic heterocycles. The monoisotopic (exact) mass is 993 g/mol. The fourth-order valence-corrected chi connectivity index (χ4v) is 9.91. The van der Waals surface area contributed by atoms with E-state index in [2.05, 4.69) is 50.5 Å². The first-order chi connectivity index (χ1) is 32.4. The third-order valence-corrected chi connectivity index (χ3v) is 14.0. The van der Waals surface area contributed by atoms with Gasteiger partial charge in [0.25, 0.3) is 0 Å². The van der Waals surface area contributed by atoms with E-state index in [1.165, 1.54) is 22.3 Å². The lowest BCUT2D eigenvalue weighted by Gasteiger charge is -2.46. The summed E-state index contributed by atoms with van der Waals surface area (Å²) in [6.45, 7) is 3.57. The highest BCUT2D eigenvalue weighted by Crippen LogP contribution is 2.45. The van der Waals surface area contributed by atoms with Gasteiger partial charge in [-0.15, -0.1) is 0 Å². The number of carbonyl (C=O) groups excluding carboxylic acids is 2. The maximum absolute atomic E-state index is 13.2. The van der Waals surface area contributed by atoms with Crippen LogP contribution in [0.4, 0.5) is 0 Å². The number of likely N-dealkylation sites (N-methyl/N-ethyl adjacent to an activating group) is 2. The van der Waals surface area contributed by atoms with Gasteiger partial charge in [0, 0.05) is 36.8 Å². The Labute approximate surface area is 426 Å². The van der Waals surface area contributed by atoms with Crippen LogP contribution in [0.15, 0.2) is 60.7 Å². The zero-order valence-electron chi connectivity index (χ0n) is 41.3. The molecular formula is C57H88N2O12+2. The van der Waals surface area contributed by atoms with Crippen LogP contribution >= 0.6 is 0 Å². The molecule has 0 radical (unpaired) electrons. The van der Waals surface area contributed by atoms with E-state index in [1.807, 2.05) is 24.3 Å². The van der Waals surface area contributed by atoms with Gasteiger partial charge in [-0.05, 0) is 90.0 Å². The first kappa shape index (κ1) is 61.3. The van der Waals surface area contributed by atoms with E-state index in [1.54, 1.807) is 56.9 Å². The van der Waals surface area contributed by atoms with Crippen LogP contribution in [0.1, 0.15) is 107 Å². The Kier molecular flexibility index (Phi) is 24.4. The van der Waals surface area contributed by atoms with Crippen molar-refractivity contribution in [1.29, 1.82) is 0 Å². The van der Waals surface area contributed by atoms with Gasteiger partial charge >= 0.3 is 11.9 Å². The minimum atomic E-state index is -0.215. The molecule has 0 aliphatic carbocycles. The van der Waals surface area contributed by atoms with Crippen molar-refractivity contribution in [3.05, 3.63) is 94.0 Å². The molecule has 0 bridgehead atoms. The molecule has 4 aromatic rings. The number of nitrogens with zero attached hydrogens (tertiary/aromatic N) is 2. The lowest BCUT2D eigenvalue weighted by molar-refractivity contribution is -0.940. The van der Waals surface area contributed by atoms with Crippen molar-refractivity contribution in [2.24, 2.45) is 0 Å². The molecule has 0 fully saturated rings. The molecule has 0 N–H and O–H groups in total. The summed E-state index contributed by atoms with van der Waals surface area (Å²) < 4.78 is 57.8. The molecule has 396 valence electrons. The average Bonchev–Trinajstić information content (AvgIpc) is 3.35. The molecule has 4 atom stereocenters. The Bertz CT molecular complexity index is 2160. The van der Waals surface area contributed by atoms with Gasteiger partial charge < -0.3 is 56.3 Å². The average molecular weight is 993 g/mol. The number of unbranched alkanes of at least 4 members (excludes halogenated alkanes) is 2. The van der Waals surface area contributed by atoms with Crippen molar-refractivity contribution < 1.29 is 65.9 Å². The number of esters is 2. The number of hydrogen-bond acceptors (Lipinski definition) is 12. The maximum atomic E-state index is 13.2. The first-order valence-corrected chi connectivity index (χ1v) is 23.3. The van der Waals surface area contributed by atoms with E-state index in [0.717, 1.165) is 56.3 Å². The largest absolute Gasteiger partial charge is 0.493 e. The molecular weight excluding hydrogens is 905 g/mol. The van der Waals surface area contributed by atoms with E-state index < -0.39 is 0 Å². The summed E-state index contributed by atoms with van der Waals surface area (Å²) in [4.78, 5) is 26.4. The molecule has 0 amide bonds. The van der Waals surface area contributed by atoms with Gasteiger partial charge in [-0.2, -0.15) is 0 Å². The lowest BCUT2D eigenvalue weighted by atomic mass is 9.86. The minimum absolute atomic E-state index is 0. The Morgan fingerprint density at radius 2 is 0.775 bits per heavy atom. The van der Waals surface area contributed by atoms with Gasteiger partial charge in [-0.3, -0.25) is 9.59 Å². The van der Waals surface area contributed by atoms with Crippen molar-refractivity contribution in [3.8, 4) is 46.0 Å². The molecule has 0 unspecified atom stereocenters. The highest BCUT2D eigenvalue weighted by molar-refractivity contribution is 5.69. The fraction of sp³-hybridized carbons (Fsp3) is 0.544. The van der Waals surface area contributed by atoms with Crippen molar-refractivity contribution in [2.75, 3.05) is 110 Å². The molecule has 0 spiro atoms. The number of carbonyl (C=O) groups is 2. The maximum Gasteiger partial charge on any atom is 0.311 e. The zero-order chi connectivity index (χ0) is 48.1. The van der Waals surface area contributed by atoms with Crippen LogP contribution in [-0.2, 0) is 44.7 Å². The van der Waals surface area contributed by atoms with Crippen molar-refractivity contribution in [3.63, 3.8) is 0 Å². The number of hydrogen-bond donors (Lipinski definition) is 0. The normalized spacial score (nSPS) is 18.5. The van der Waals surface area contributed by atoms with Gasteiger partial charge in [0.1, 0.15) is 12.1 Å². The second-order valence-corrected chi connectivity index (χ2v) is 18.0. The van der Waals surface area contributed by atoms with Crippen LogP contribution in [0.25, 0.3) is 0 Å². The molecule has 0 saturated heterocycles. The summed E-state index contributed by atoms with van der Waals surface area (Å²) in [5.74, 6) is 5.06. The Balaban J connectivity index is 0.00000432. The van der Waals surface area contributed by atoms with Crippen LogP contribution in [0.2, 0.25) is 0 Å². The van der Waals surface area contributed by atoms with Gasteiger partial charge in [0.15, 0.2) is 46.0 Å². The fourth-order valence-electron chi connectivity index (χ4n) is 9.91. The summed E-state index contributed by atoms with van der Waals surface area (Å²) in [6, 6.07) is 20.5. The SMILES string of the molecule is C.C.C.C.COc1ccc(C[C@@H]2c3cc(OC)c(OC)cc3CC[N@+]2(C)CCC(=O)OCCCCCOC(=O)CC[N@@+]2(C)CCc3cc(OC)c(OC)cc3[C@H]2Cc2ccc(OC)c(OC)c2)cc1OC. The zero-order valence-corrected chi connectivity index (χ0v) is 41.3.